The molecule has 1 aliphatic heterocycles. The third-order valence-electron chi connectivity index (χ3n) is 9.16. The van der Waals surface area contributed by atoms with Gasteiger partial charge in [-0.25, -0.2) is 32.3 Å². The van der Waals surface area contributed by atoms with Crippen LogP contribution in [-0.4, -0.2) is 101 Å². The summed E-state index contributed by atoms with van der Waals surface area (Å²) in [6.07, 6.45) is -6.75. The molecule has 29 heteroatoms. The molecule has 398 valence electrons. The Labute approximate surface area is 417 Å². The molecule has 0 spiro atoms. The van der Waals surface area contributed by atoms with Crippen molar-refractivity contribution in [2.45, 2.75) is 34.6 Å². The Hall–Kier alpha value is -9.70. The Bertz CT molecular complexity index is 3010. The molecule has 3 aromatic carbocycles. The van der Waals surface area contributed by atoms with E-state index in [2.05, 4.69) is 18.9 Å². The van der Waals surface area contributed by atoms with Gasteiger partial charge in [0.2, 0.25) is 45.2 Å². The van der Waals surface area contributed by atoms with Crippen LogP contribution in [0.5, 0.6) is 17.2 Å². The van der Waals surface area contributed by atoms with Crippen molar-refractivity contribution < 1.29 is 122 Å². The van der Waals surface area contributed by atoms with E-state index >= 15 is 13.2 Å². The summed E-state index contributed by atoms with van der Waals surface area (Å²) in [4.78, 5) is 123. The van der Waals surface area contributed by atoms with Crippen LogP contribution in [0.3, 0.4) is 0 Å². The molecule has 75 heavy (non-hydrogen) atoms. The molecule has 0 saturated carbocycles. The molecule has 0 N–H and O–H groups in total. The molecule has 0 bridgehead atoms. The lowest BCUT2D eigenvalue weighted by atomic mass is 9.93. The molecular formula is C46H38F4N2O23. The fourth-order valence-corrected chi connectivity index (χ4v) is 6.04. The number of rotatable bonds is 19. The highest BCUT2D eigenvalue weighted by atomic mass is 19.2. The largest absolute Gasteiger partial charge is 0.488 e. The molecule has 3 aromatic rings. The number of amides is 4. The number of hydrogen-bond donors (Lipinski definition) is 0. The number of carbonyl (C=O) groups excluding carboxylic acids is 9. The number of imide groups is 2. The summed E-state index contributed by atoms with van der Waals surface area (Å²) in [5, 5.41) is -0.158. The number of esters is 5. The summed E-state index contributed by atoms with van der Waals surface area (Å²) in [5.41, 5.74) is -3.35. The zero-order valence-electron chi connectivity index (χ0n) is 39.4. The van der Waals surface area contributed by atoms with Crippen LogP contribution < -0.4 is 29.4 Å². The van der Waals surface area contributed by atoms with Crippen LogP contribution in [0.25, 0.3) is 33.4 Å². The second kappa shape index (κ2) is 25.6. The maximum absolute atomic E-state index is 15.8. The molecule has 0 atom stereocenters. The predicted octanol–water partition coefficient (Wildman–Crippen LogP) is 6.72. The molecule has 0 saturated heterocycles. The van der Waals surface area contributed by atoms with Gasteiger partial charge in [-0.15, -0.1) is 0 Å². The van der Waals surface area contributed by atoms with Crippen molar-refractivity contribution in [1.29, 1.82) is 0 Å². The normalized spacial score (nSPS) is 10.6. The highest BCUT2D eigenvalue weighted by Gasteiger charge is 2.34. The van der Waals surface area contributed by atoms with Crippen molar-refractivity contribution >= 4 is 76.6 Å². The molecule has 0 radical (unpaired) electrons. The molecule has 1 heterocycles. The average Bonchev–Trinajstić information content (AvgIpc) is 3.32. The maximum Gasteiger partial charge on any atom is 0.427 e. The summed E-state index contributed by atoms with van der Waals surface area (Å²) < 4.78 is 126. The van der Waals surface area contributed by atoms with Gasteiger partial charge in [-0.3, -0.25) is 28.8 Å². The van der Waals surface area contributed by atoms with E-state index in [-0.39, 0.29) is 43.2 Å². The zero-order valence-corrected chi connectivity index (χ0v) is 39.4. The summed E-state index contributed by atoms with van der Waals surface area (Å²) in [7, 11) is 0. The number of carbonyl (C=O) groups is 9. The first-order valence-electron chi connectivity index (χ1n) is 20.9. The van der Waals surface area contributed by atoms with Gasteiger partial charge in [0, 0.05) is 63.3 Å². The molecule has 0 aromatic heterocycles. The van der Waals surface area contributed by atoms with E-state index in [4.69, 9.17) is 42.3 Å². The molecule has 5 rings (SSSR count). The summed E-state index contributed by atoms with van der Waals surface area (Å²) in [5.74, 6) is -13.0. The van der Waals surface area contributed by atoms with Gasteiger partial charge >= 0.3 is 54.2 Å². The smallest absolute Gasteiger partial charge is 0.427 e. The van der Waals surface area contributed by atoms with Gasteiger partial charge in [0.25, 0.3) is 0 Å². The molecule has 2 aliphatic rings. The number of halogens is 4. The van der Waals surface area contributed by atoms with Crippen LogP contribution in [0.1, 0.15) is 34.6 Å². The highest BCUT2D eigenvalue weighted by Crippen LogP contribution is 2.45. The van der Waals surface area contributed by atoms with E-state index in [0.29, 0.717) is 12.1 Å². The maximum atomic E-state index is 15.8. The van der Waals surface area contributed by atoms with E-state index in [9.17, 15) is 52.3 Å². The van der Waals surface area contributed by atoms with E-state index in [1.54, 1.807) is 0 Å². The van der Waals surface area contributed by atoms with Gasteiger partial charge < -0.3 is 61.3 Å². The van der Waals surface area contributed by atoms with Gasteiger partial charge in [0.05, 0.1) is 0 Å². The van der Waals surface area contributed by atoms with Crippen molar-refractivity contribution in [1.82, 2.24) is 0 Å². The fourth-order valence-electron chi connectivity index (χ4n) is 6.04. The predicted molar refractivity (Wildman–Crippen MR) is 236 cm³/mol. The lowest BCUT2D eigenvalue weighted by molar-refractivity contribution is -0.150. The summed E-state index contributed by atoms with van der Waals surface area (Å²) in [6.45, 7) is -2.10. The van der Waals surface area contributed by atoms with E-state index in [0.717, 1.165) is 77.1 Å². The second-order valence-electron chi connectivity index (χ2n) is 14.3. The quantitative estimate of drug-likeness (QED) is 0.0207. The van der Waals surface area contributed by atoms with Gasteiger partial charge in [0.1, 0.15) is 41.7 Å². The molecule has 1 aliphatic carbocycles. The Kier molecular flexibility index (Phi) is 19.2. The minimum Gasteiger partial charge on any atom is -0.488 e. The van der Waals surface area contributed by atoms with Crippen LogP contribution >= 0.6 is 0 Å². The molecule has 0 unspecified atom stereocenters. The van der Waals surface area contributed by atoms with Crippen molar-refractivity contribution in [3.05, 3.63) is 88.1 Å². The number of benzene rings is 4. The number of anilines is 2. The van der Waals surface area contributed by atoms with E-state index in [1.165, 1.54) is 0 Å². The first-order chi connectivity index (χ1) is 35.6. The third-order valence-corrected chi connectivity index (χ3v) is 9.16. The Morgan fingerprint density at radius 1 is 0.480 bits per heavy atom. The van der Waals surface area contributed by atoms with Gasteiger partial charge in [0.15, 0.2) is 29.0 Å². The molecule has 4 amide bonds. The number of nitrogens with zero attached hydrogens (tertiary/aromatic N) is 2. The third kappa shape index (κ3) is 14.9. The van der Waals surface area contributed by atoms with E-state index < -0.39 is 159 Å². The number of fused-ring (bicyclic) bond motifs is 2. The van der Waals surface area contributed by atoms with Crippen molar-refractivity contribution in [3.8, 4) is 39.7 Å². The minimum absolute atomic E-state index is 0.0642. The second-order valence-corrected chi connectivity index (χ2v) is 14.3. The van der Waals surface area contributed by atoms with Crippen LogP contribution in [0.4, 0.5) is 48.1 Å². The minimum atomic E-state index is -1.84. The average molecular weight is 1060 g/mol. The first-order valence-corrected chi connectivity index (χ1v) is 20.9. The van der Waals surface area contributed by atoms with Crippen molar-refractivity contribution in [2.24, 2.45) is 0 Å². The zero-order chi connectivity index (χ0) is 55.1. The van der Waals surface area contributed by atoms with Crippen LogP contribution in [0.2, 0.25) is 0 Å². The SMILES string of the molecule is CC(=O)OCOC(=O)N(C(=O)OCOC(C)=O)c1ccc(-c2c3cc(F)c(=O)cc-3oc3cc(OCOC(C)=O)c(F)cc23)cc1OCCOc1c(N(C(=O)OCOC(C)=O)C(=O)OCOC(C)=O)ccc(F)c1F. The Morgan fingerprint density at radius 3 is 1.48 bits per heavy atom. The van der Waals surface area contributed by atoms with Crippen LogP contribution in [0, 0.1) is 23.3 Å². The molecule has 0 fully saturated rings. The first kappa shape index (κ1) is 56.2. The van der Waals surface area contributed by atoms with Gasteiger partial charge in [-0.05, 0) is 42.0 Å². The van der Waals surface area contributed by atoms with Crippen LogP contribution in [0.15, 0.2) is 63.8 Å². The Balaban J connectivity index is 1.65. The van der Waals surface area contributed by atoms with Gasteiger partial charge in [-0.2, -0.15) is 14.2 Å². The monoisotopic (exact) mass is 1060 g/mol. The van der Waals surface area contributed by atoms with Crippen molar-refractivity contribution in [3.63, 3.8) is 0 Å². The standard InChI is InChI=1S/C46H38F4N2O23/c1-22(53)65-17-70-38-16-37-29(14-32(38)49)40(28-13-31(48)35(58)15-36(28)75-37)27-6-8-33(51(43(59)71-18-66-23(2)54)44(60)72-19-67-24(3)55)39(12-27)63-10-11-64-42-34(9-7-30(47)41(42)50)52(45(61)73-20-68-25(4)56)46(62)74-21-69-26(5)57/h6-9,12-16H,10-11,17-21H2,1-5H3. The Morgan fingerprint density at radius 2 is 0.960 bits per heavy atom. The molecule has 25 nitrogen and oxygen atoms in total. The highest BCUT2D eigenvalue weighted by molar-refractivity contribution is 6.12. The molecular weight excluding hydrogens is 1020 g/mol. The van der Waals surface area contributed by atoms with Gasteiger partial charge in [-0.1, -0.05) is 6.07 Å². The fraction of sp³-hybridized carbons (Fsp3) is 0.261. The summed E-state index contributed by atoms with van der Waals surface area (Å²) >= 11 is 0. The van der Waals surface area contributed by atoms with E-state index in [1.807, 2.05) is 0 Å². The van der Waals surface area contributed by atoms with Crippen LogP contribution in [-0.2, 0) is 66.6 Å². The summed E-state index contributed by atoms with van der Waals surface area (Å²) in [6, 6.07) is 7.64. The lowest BCUT2D eigenvalue weighted by Gasteiger charge is -2.24. The number of ether oxygens (including phenoxy) is 12. The topological polar surface area (TPSA) is 301 Å². The lowest BCUT2D eigenvalue weighted by Crippen LogP contribution is -2.39. The van der Waals surface area contributed by atoms with Crippen molar-refractivity contribution in [2.75, 3.05) is 57.0 Å². The number of hydrogen-bond acceptors (Lipinski definition) is 23.